The fourth-order valence-corrected chi connectivity index (χ4v) is 3.88. The van der Waals surface area contributed by atoms with E-state index in [0.29, 0.717) is 5.69 Å². The summed E-state index contributed by atoms with van der Waals surface area (Å²) in [5.41, 5.74) is 3.82. The third-order valence-corrected chi connectivity index (χ3v) is 5.16. The quantitative estimate of drug-likeness (QED) is 0.724. The number of aryl methyl sites for hydroxylation is 1. The molecule has 0 radical (unpaired) electrons. The van der Waals surface area contributed by atoms with Crippen LogP contribution in [0.1, 0.15) is 47.3 Å². The summed E-state index contributed by atoms with van der Waals surface area (Å²) in [7, 11) is 0. The van der Waals surface area contributed by atoms with Crippen LogP contribution in [0.4, 0.5) is 0 Å². The Morgan fingerprint density at radius 2 is 1.79 bits per heavy atom. The first-order valence-electron chi connectivity index (χ1n) is 8.64. The van der Waals surface area contributed by atoms with Crippen LogP contribution in [-0.2, 0) is 5.54 Å². The monoisotopic (exact) mass is 318 g/mol. The lowest BCUT2D eigenvalue weighted by Crippen LogP contribution is -2.43. The van der Waals surface area contributed by atoms with Gasteiger partial charge in [0.2, 0.25) is 0 Å². The van der Waals surface area contributed by atoms with E-state index in [-0.39, 0.29) is 11.4 Å². The van der Waals surface area contributed by atoms with E-state index in [0.717, 1.165) is 36.6 Å². The molecule has 1 aliphatic rings. The van der Waals surface area contributed by atoms with E-state index >= 15 is 0 Å². The van der Waals surface area contributed by atoms with Crippen molar-refractivity contribution in [1.29, 1.82) is 0 Å². The molecular weight excluding hydrogens is 296 g/mol. The van der Waals surface area contributed by atoms with Gasteiger partial charge in [-0.15, -0.1) is 0 Å². The molecule has 1 aliphatic carbocycles. The molecule has 0 saturated heterocycles. The number of amides is 1. The van der Waals surface area contributed by atoms with Gasteiger partial charge in [0.1, 0.15) is 5.69 Å². The fraction of sp³-hybridized carbons (Fsp3) is 0.286. The average Bonchev–Trinajstić information content (AvgIpc) is 3.23. The topological polar surface area (TPSA) is 44.9 Å². The molecule has 4 rings (SSSR count). The summed E-state index contributed by atoms with van der Waals surface area (Å²) in [6, 6.07) is 18.5. The molecule has 0 spiro atoms. The summed E-state index contributed by atoms with van der Waals surface area (Å²) in [6.45, 7) is 2.06. The fourth-order valence-electron chi connectivity index (χ4n) is 3.88. The number of carbonyl (C=O) groups excluding carboxylic acids is 1. The number of fused-ring (bicyclic) bond motifs is 1. The molecule has 2 N–H and O–H groups in total. The highest BCUT2D eigenvalue weighted by molar-refractivity contribution is 5.98. The predicted octanol–water partition coefficient (Wildman–Crippen LogP) is 4.68. The highest BCUT2D eigenvalue weighted by atomic mass is 16.2. The van der Waals surface area contributed by atoms with Crippen LogP contribution < -0.4 is 5.32 Å². The highest BCUT2D eigenvalue weighted by Gasteiger charge is 2.37. The molecule has 3 aromatic rings. The van der Waals surface area contributed by atoms with Gasteiger partial charge in [-0.25, -0.2) is 0 Å². The summed E-state index contributed by atoms with van der Waals surface area (Å²) >= 11 is 0. The number of hydrogen-bond donors (Lipinski definition) is 2. The molecule has 0 bridgehead atoms. The van der Waals surface area contributed by atoms with Gasteiger partial charge in [0.05, 0.1) is 5.54 Å². The summed E-state index contributed by atoms with van der Waals surface area (Å²) in [6.07, 6.45) is 4.31. The third-order valence-electron chi connectivity index (χ3n) is 5.16. The first-order chi connectivity index (χ1) is 11.7. The number of hydrogen-bond acceptors (Lipinski definition) is 1. The zero-order valence-corrected chi connectivity index (χ0v) is 13.9. The molecule has 3 nitrogen and oxygen atoms in total. The Labute approximate surface area is 142 Å². The second-order valence-corrected chi connectivity index (χ2v) is 6.88. The van der Waals surface area contributed by atoms with Crippen LogP contribution in [0, 0.1) is 6.92 Å². The van der Waals surface area contributed by atoms with Crippen molar-refractivity contribution in [1.82, 2.24) is 10.3 Å². The number of benzene rings is 2. The largest absolute Gasteiger partial charge is 0.351 e. The lowest BCUT2D eigenvalue weighted by atomic mass is 9.88. The van der Waals surface area contributed by atoms with E-state index in [9.17, 15) is 4.79 Å². The molecule has 1 heterocycles. The van der Waals surface area contributed by atoms with Gasteiger partial charge >= 0.3 is 0 Å². The van der Waals surface area contributed by atoms with Crippen LogP contribution in [0.5, 0.6) is 0 Å². The first kappa shape index (κ1) is 15.0. The Bertz CT molecular complexity index is 873. The van der Waals surface area contributed by atoms with E-state index < -0.39 is 0 Å². The molecular formula is C21H22N2O. The minimum atomic E-state index is -0.231. The average molecular weight is 318 g/mol. The molecule has 0 unspecified atom stereocenters. The zero-order valence-electron chi connectivity index (χ0n) is 13.9. The van der Waals surface area contributed by atoms with Gasteiger partial charge in [-0.2, -0.15) is 0 Å². The summed E-state index contributed by atoms with van der Waals surface area (Å²) < 4.78 is 0. The highest BCUT2D eigenvalue weighted by Crippen LogP contribution is 2.38. The first-order valence-corrected chi connectivity index (χ1v) is 8.64. The normalized spacial score (nSPS) is 16.4. The van der Waals surface area contributed by atoms with Gasteiger partial charge in [-0.05, 0) is 43.5 Å². The summed E-state index contributed by atoms with van der Waals surface area (Å²) in [5.74, 6) is -0.0189. The van der Waals surface area contributed by atoms with Crippen LogP contribution in [0.25, 0.3) is 10.9 Å². The number of H-pyrrole nitrogens is 1. The standard InChI is InChI=1S/C21H22N2O/c1-15-9-10-18-16(13-15)14-19(22-18)20(24)23-21(11-5-6-12-21)17-7-3-2-4-8-17/h2-4,7-10,13-14,22H,5-6,11-12H2,1H3,(H,23,24). The lowest BCUT2D eigenvalue weighted by molar-refractivity contribution is 0.0894. The number of carbonyl (C=O) groups is 1. The minimum absolute atomic E-state index is 0.0189. The van der Waals surface area contributed by atoms with Crippen molar-refractivity contribution in [2.45, 2.75) is 38.1 Å². The van der Waals surface area contributed by atoms with E-state index in [1.165, 1.54) is 11.1 Å². The Morgan fingerprint density at radius 3 is 2.54 bits per heavy atom. The lowest BCUT2D eigenvalue weighted by Gasteiger charge is -2.31. The van der Waals surface area contributed by atoms with Gasteiger partial charge < -0.3 is 10.3 Å². The smallest absolute Gasteiger partial charge is 0.268 e. The Balaban J connectivity index is 1.65. The van der Waals surface area contributed by atoms with Gasteiger partial charge in [-0.1, -0.05) is 54.8 Å². The molecule has 0 aliphatic heterocycles. The van der Waals surface area contributed by atoms with Crippen molar-refractivity contribution in [3.63, 3.8) is 0 Å². The predicted molar refractivity (Wildman–Crippen MR) is 97.1 cm³/mol. The van der Waals surface area contributed by atoms with Crippen molar-refractivity contribution < 1.29 is 4.79 Å². The van der Waals surface area contributed by atoms with Crippen molar-refractivity contribution in [2.75, 3.05) is 0 Å². The van der Waals surface area contributed by atoms with E-state index in [1.807, 2.05) is 30.3 Å². The summed E-state index contributed by atoms with van der Waals surface area (Å²) in [5, 5.41) is 4.41. The number of aromatic amines is 1. The minimum Gasteiger partial charge on any atom is -0.351 e. The maximum Gasteiger partial charge on any atom is 0.268 e. The Kier molecular flexibility index (Phi) is 3.64. The van der Waals surface area contributed by atoms with Crippen LogP contribution in [0.15, 0.2) is 54.6 Å². The molecule has 122 valence electrons. The van der Waals surface area contributed by atoms with Crippen molar-refractivity contribution >= 4 is 16.8 Å². The molecule has 24 heavy (non-hydrogen) atoms. The van der Waals surface area contributed by atoms with Crippen molar-refractivity contribution in [3.05, 3.63) is 71.4 Å². The second-order valence-electron chi connectivity index (χ2n) is 6.88. The van der Waals surface area contributed by atoms with Crippen molar-refractivity contribution in [3.8, 4) is 0 Å². The number of nitrogens with one attached hydrogen (secondary N) is 2. The zero-order chi connectivity index (χ0) is 16.6. The molecule has 3 heteroatoms. The number of aromatic nitrogens is 1. The third kappa shape index (κ3) is 2.60. The van der Waals surface area contributed by atoms with Crippen LogP contribution in [0.2, 0.25) is 0 Å². The van der Waals surface area contributed by atoms with Gasteiger partial charge in [0, 0.05) is 10.9 Å². The Hall–Kier alpha value is -2.55. The SMILES string of the molecule is Cc1ccc2[nH]c(C(=O)NC3(c4ccccc4)CCCC3)cc2c1. The van der Waals surface area contributed by atoms with Crippen molar-refractivity contribution in [2.24, 2.45) is 0 Å². The number of rotatable bonds is 3. The molecule has 1 amide bonds. The van der Waals surface area contributed by atoms with Gasteiger partial charge in [0.25, 0.3) is 5.91 Å². The molecule has 2 aromatic carbocycles. The molecule has 1 saturated carbocycles. The Morgan fingerprint density at radius 1 is 1.04 bits per heavy atom. The van der Waals surface area contributed by atoms with Gasteiger partial charge in [-0.3, -0.25) is 4.79 Å². The van der Waals surface area contributed by atoms with Gasteiger partial charge in [0.15, 0.2) is 0 Å². The molecule has 1 aromatic heterocycles. The van der Waals surface area contributed by atoms with Crippen LogP contribution >= 0.6 is 0 Å². The van der Waals surface area contributed by atoms with Crippen LogP contribution in [0.3, 0.4) is 0 Å². The maximum atomic E-state index is 12.9. The second kappa shape index (κ2) is 5.82. The summed E-state index contributed by atoms with van der Waals surface area (Å²) in [4.78, 5) is 16.1. The molecule has 1 fully saturated rings. The van der Waals surface area contributed by atoms with E-state index in [2.05, 4.69) is 41.5 Å². The van der Waals surface area contributed by atoms with E-state index in [4.69, 9.17) is 0 Å². The van der Waals surface area contributed by atoms with E-state index in [1.54, 1.807) is 0 Å². The van der Waals surface area contributed by atoms with Crippen LogP contribution in [-0.4, -0.2) is 10.9 Å². The molecule has 0 atom stereocenters. The maximum absolute atomic E-state index is 12.9.